The van der Waals surface area contributed by atoms with Crippen molar-refractivity contribution in [1.82, 2.24) is 19.4 Å². The Hall–Kier alpha value is -2.41. The second kappa shape index (κ2) is 6.78. The van der Waals surface area contributed by atoms with Crippen molar-refractivity contribution in [3.05, 3.63) is 68.6 Å². The van der Waals surface area contributed by atoms with Crippen molar-refractivity contribution in [2.24, 2.45) is 0 Å². The second-order valence-electron chi connectivity index (χ2n) is 5.10. The molecule has 6 nitrogen and oxygen atoms in total. The Bertz CT molecular complexity index is 948. The first-order valence-corrected chi connectivity index (χ1v) is 8.34. The van der Waals surface area contributed by atoms with Crippen LogP contribution in [0, 0.1) is 0 Å². The molecule has 0 saturated heterocycles. The summed E-state index contributed by atoms with van der Waals surface area (Å²) in [7, 11) is 0. The van der Waals surface area contributed by atoms with E-state index < -0.39 is 0 Å². The van der Waals surface area contributed by atoms with E-state index in [2.05, 4.69) is 15.0 Å². The fourth-order valence-corrected chi connectivity index (χ4v) is 3.04. The number of nitrogens with one attached hydrogen (secondary N) is 1. The lowest BCUT2D eigenvalue weighted by Crippen LogP contribution is -2.15. The molecule has 0 atom stereocenters. The third-order valence-corrected chi connectivity index (χ3v) is 4.17. The van der Waals surface area contributed by atoms with Crippen LogP contribution in [0.2, 0.25) is 0 Å². The number of hydrogen-bond donors (Lipinski definition) is 1. The largest absolute Gasteiger partial charge is 0.301 e. The van der Waals surface area contributed by atoms with Crippen LogP contribution < -0.4 is 11.1 Å². The zero-order chi connectivity index (χ0) is 16.2. The van der Waals surface area contributed by atoms with Crippen LogP contribution >= 0.6 is 11.8 Å². The highest BCUT2D eigenvalue weighted by atomic mass is 32.2. The Morgan fingerprint density at radius 1 is 1.17 bits per heavy atom. The van der Waals surface area contributed by atoms with Crippen LogP contribution in [0.25, 0.3) is 5.65 Å². The van der Waals surface area contributed by atoms with E-state index in [9.17, 15) is 9.59 Å². The maximum Gasteiger partial charge on any atom is 0.258 e. The molecule has 3 rings (SSSR count). The van der Waals surface area contributed by atoms with Gasteiger partial charge < -0.3 is 4.98 Å². The lowest BCUT2D eigenvalue weighted by Gasteiger charge is -2.05. The summed E-state index contributed by atoms with van der Waals surface area (Å²) in [5.74, 6) is 0.471. The molecule has 0 fully saturated rings. The first-order chi connectivity index (χ1) is 11.2. The quantitative estimate of drug-likeness (QED) is 0.572. The van der Waals surface area contributed by atoms with Gasteiger partial charge in [0.1, 0.15) is 5.65 Å². The van der Waals surface area contributed by atoms with Crippen LogP contribution in [0.3, 0.4) is 0 Å². The lowest BCUT2D eigenvalue weighted by atomic mass is 10.2. The zero-order valence-electron chi connectivity index (χ0n) is 12.7. The Balaban J connectivity index is 1.83. The molecule has 3 heterocycles. The van der Waals surface area contributed by atoms with Crippen molar-refractivity contribution in [1.29, 1.82) is 0 Å². The number of aromatic amines is 1. The van der Waals surface area contributed by atoms with E-state index in [1.807, 2.05) is 13.0 Å². The number of hydrogen-bond acceptors (Lipinski definition) is 5. The SMILES string of the molecule is CCCc1cc(=O)[nH]c(SCc2cc(=O)n3ccccc3n2)n1. The highest BCUT2D eigenvalue weighted by molar-refractivity contribution is 7.98. The third kappa shape index (κ3) is 3.68. The number of aromatic nitrogens is 4. The minimum Gasteiger partial charge on any atom is -0.301 e. The number of fused-ring (bicyclic) bond motifs is 1. The van der Waals surface area contributed by atoms with Crippen molar-refractivity contribution in [2.45, 2.75) is 30.7 Å². The molecule has 7 heteroatoms. The Morgan fingerprint density at radius 2 is 2.04 bits per heavy atom. The van der Waals surface area contributed by atoms with Crippen molar-refractivity contribution in [2.75, 3.05) is 0 Å². The van der Waals surface area contributed by atoms with Gasteiger partial charge in [-0.3, -0.25) is 14.0 Å². The summed E-state index contributed by atoms with van der Waals surface area (Å²) in [4.78, 5) is 35.3. The van der Waals surface area contributed by atoms with E-state index in [-0.39, 0.29) is 11.1 Å². The maximum atomic E-state index is 12.0. The molecule has 0 aliphatic rings. The summed E-state index contributed by atoms with van der Waals surface area (Å²) in [6.07, 6.45) is 3.39. The summed E-state index contributed by atoms with van der Waals surface area (Å²) < 4.78 is 1.50. The van der Waals surface area contributed by atoms with Crippen LogP contribution in [0.1, 0.15) is 24.7 Å². The van der Waals surface area contributed by atoms with Gasteiger partial charge in [-0.2, -0.15) is 0 Å². The summed E-state index contributed by atoms with van der Waals surface area (Å²) in [5, 5.41) is 0.552. The van der Waals surface area contributed by atoms with Crippen LogP contribution in [-0.4, -0.2) is 19.4 Å². The number of rotatable bonds is 5. The number of pyridine rings is 1. The van der Waals surface area contributed by atoms with Crippen molar-refractivity contribution < 1.29 is 0 Å². The van der Waals surface area contributed by atoms with E-state index in [1.165, 1.54) is 28.3 Å². The van der Waals surface area contributed by atoms with Gasteiger partial charge in [-0.25, -0.2) is 9.97 Å². The Kier molecular flexibility index (Phi) is 4.57. The van der Waals surface area contributed by atoms with Crippen LogP contribution in [-0.2, 0) is 12.2 Å². The predicted molar refractivity (Wildman–Crippen MR) is 89.9 cm³/mol. The molecule has 0 radical (unpaired) electrons. The van der Waals surface area contributed by atoms with Crippen LogP contribution in [0.4, 0.5) is 0 Å². The predicted octanol–water partition coefficient (Wildman–Crippen LogP) is 2.02. The van der Waals surface area contributed by atoms with Crippen molar-refractivity contribution >= 4 is 17.4 Å². The van der Waals surface area contributed by atoms with Gasteiger partial charge in [-0.05, 0) is 18.6 Å². The molecule has 0 aliphatic carbocycles. The second-order valence-corrected chi connectivity index (χ2v) is 6.06. The molecular weight excluding hydrogens is 312 g/mol. The molecule has 0 bridgehead atoms. The molecule has 0 amide bonds. The van der Waals surface area contributed by atoms with Gasteiger partial charge in [0.15, 0.2) is 5.16 Å². The average Bonchev–Trinajstić information content (AvgIpc) is 2.53. The van der Waals surface area contributed by atoms with E-state index in [0.717, 1.165) is 18.5 Å². The summed E-state index contributed by atoms with van der Waals surface area (Å²) >= 11 is 1.37. The highest BCUT2D eigenvalue weighted by Crippen LogP contribution is 2.17. The van der Waals surface area contributed by atoms with Gasteiger partial charge in [-0.15, -0.1) is 0 Å². The van der Waals surface area contributed by atoms with Crippen molar-refractivity contribution in [3.63, 3.8) is 0 Å². The number of aryl methyl sites for hydroxylation is 1. The molecule has 1 N–H and O–H groups in total. The molecule has 118 valence electrons. The standard InChI is InChI=1S/C16H16N4O2S/c1-2-5-11-8-14(21)19-16(18-11)23-10-12-9-15(22)20-7-4-3-6-13(20)17-12/h3-4,6-9H,2,5,10H2,1H3,(H,18,19,21). The van der Waals surface area contributed by atoms with Crippen LogP contribution in [0.15, 0.2) is 51.3 Å². The van der Waals surface area contributed by atoms with Crippen LogP contribution in [0.5, 0.6) is 0 Å². The molecular formula is C16H16N4O2S. The van der Waals surface area contributed by atoms with Gasteiger partial charge in [-0.1, -0.05) is 31.2 Å². The minimum absolute atomic E-state index is 0.118. The monoisotopic (exact) mass is 328 g/mol. The first-order valence-electron chi connectivity index (χ1n) is 7.36. The number of thioether (sulfide) groups is 1. The smallest absolute Gasteiger partial charge is 0.258 e. The molecule has 0 aliphatic heterocycles. The third-order valence-electron chi connectivity index (χ3n) is 3.26. The van der Waals surface area contributed by atoms with E-state index in [4.69, 9.17) is 0 Å². The highest BCUT2D eigenvalue weighted by Gasteiger charge is 2.06. The van der Waals surface area contributed by atoms with Gasteiger partial charge in [0.2, 0.25) is 0 Å². The fourth-order valence-electron chi connectivity index (χ4n) is 2.26. The normalized spacial score (nSPS) is 11.0. The van der Waals surface area contributed by atoms with Crippen molar-refractivity contribution in [3.8, 4) is 0 Å². The topological polar surface area (TPSA) is 80.1 Å². The fraction of sp³-hybridized carbons (Fsp3) is 0.250. The molecule has 3 aromatic heterocycles. The maximum absolute atomic E-state index is 12.0. The lowest BCUT2D eigenvalue weighted by molar-refractivity contribution is 0.815. The first kappa shape index (κ1) is 15.5. The summed E-state index contributed by atoms with van der Waals surface area (Å²) in [6.45, 7) is 2.04. The molecule has 0 aromatic carbocycles. The molecule has 0 spiro atoms. The number of H-pyrrole nitrogens is 1. The Morgan fingerprint density at radius 3 is 2.87 bits per heavy atom. The molecule has 0 unspecified atom stereocenters. The van der Waals surface area contributed by atoms with E-state index >= 15 is 0 Å². The minimum atomic E-state index is -0.155. The van der Waals surface area contributed by atoms with Gasteiger partial charge in [0, 0.05) is 29.8 Å². The summed E-state index contributed by atoms with van der Waals surface area (Å²) in [6, 6.07) is 8.45. The molecule has 23 heavy (non-hydrogen) atoms. The molecule has 3 aromatic rings. The van der Waals surface area contributed by atoms with Gasteiger partial charge in [0.05, 0.1) is 5.69 Å². The summed E-state index contributed by atoms with van der Waals surface area (Å²) in [5.41, 5.74) is 1.78. The van der Waals surface area contributed by atoms with E-state index in [0.29, 0.717) is 22.3 Å². The Labute approximate surface area is 136 Å². The average molecular weight is 328 g/mol. The van der Waals surface area contributed by atoms with E-state index in [1.54, 1.807) is 18.3 Å². The zero-order valence-corrected chi connectivity index (χ0v) is 13.5. The molecule has 0 saturated carbocycles. The van der Waals surface area contributed by atoms with Gasteiger partial charge in [0.25, 0.3) is 11.1 Å². The number of nitrogens with zero attached hydrogens (tertiary/aromatic N) is 3. The van der Waals surface area contributed by atoms with Gasteiger partial charge >= 0.3 is 0 Å².